The number of aliphatic hydroxyl groups is 1. The van der Waals surface area contributed by atoms with Crippen LogP contribution in [0, 0.1) is 0 Å². The van der Waals surface area contributed by atoms with E-state index in [1.165, 1.54) is 57.8 Å². The predicted octanol–water partition coefficient (Wildman–Crippen LogP) is 4.62. The first-order chi connectivity index (χ1) is 8.62. The van der Waals surface area contributed by atoms with Crippen molar-refractivity contribution in [1.29, 1.82) is 0 Å². The molecule has 0 aromatic rings. The van der Waals surface area contributed by atoms with Crippen molar-refractivity contribution in [3.05, 3.63) is 0 Å². The number of hydrogen-bond donors (Lipinski definition) is 2. The largest absolute Gasteiger partial charge is 0.376 e. The fourth-order valence-corrected chi connectivity index (χ4v) is 2.43. The maximum absolute atomic E-state index is 9.93. The monoisotopic (exact) mass is 257 g/mol. The zero-order valence-electron chi connectivity index (χ0n) is 12.9. The molecular formula is C16H35NO. The molecule has 0 spiro atoms. The molecule has 0 fully saturated rings. The Morgan fingerprint density at radius 3 is 1.67 bits per heavy atom. The summed E-state index contributed by atoms with van der Waals surface area (Å²) in [4.78, 5) is 0. The van der Waals surface area contributed by atoms with Crippen LogP contribution in [-0.2, 0) is 0 Å². The fourth-order valence-electron chi connectivity index (χ4n) is 2.43. The summed E-state index contributed by atoms with van der Waals surface area (Å²) in [6.45, 7) is 7.02. The van der Waals surface area contributed by atoms with Gasteiger partial charge in [-0.25, -0.2) is 0 Å². The van der Waals surface area contributed by atoms with Crippen LogP contribution < -0.4 is 5.32 Å². The van der Waals surface area contributed by atoms with Gasteiger partial charge < -0.3 is 5.11 Å². The molecule has 0 bridgehead atoms. The molecule has 0 aromatic heterocycles. The Labute approximate surface area is 115 Å². The van der Waals surface area contributed by atoms with Crippen molar-refractivity contribution < 1.29 is 5.11 Å². The molecule has 18 heavy (non-hydrogen) atoms. The van der Waals surface area contributed by atoms with Crippen LogP contribution in [0.15, 0.2) is 0 Å². The lowest BCUT2D eigenvalue weighted by Crippen LogP contribution is -2.41. The van der Waals surface area contributed by atoms with Crippen LogP contribution in [0.5, 0.6) is 0 Å². The van der Waals surface area contributed by atoms with Gasteiger partial charge in [0.15, 0.2) is 0 Å². The van der Waals surface area contributed by atoms with Crippen LogP contribution >= 0.6 is 0 Å². The minimum absolute atomic E-state index is 0.658. The summed E-state index contributed by atoms with van der Waals surface area (Å²) in [5.41, 5.74) is -0.658. The SMILES string of the molecule is CCCCCCCCCCCCC(C)(O)NCC. The minimum Gasteiger partial charge on any atom is -0.376 e. The normalized spacial score (nSPS) is 14.7. The molecule has 2 nitrogen and oxygen atoms in total. The van der Waals surface area contributed by atoms with Crippen molar-refractivity contribution >= 4 is 0 Å². The Hall–Kier alpha value is -0.0800. The van der Waals surface area contributed by atoms with Crippen LogP contribution in [0.2, 0.25) is 0 Å². The van der Waals surface area contributed by atoms with Crippen LogP contribution in [0.1, 0.15) is 91.4 Å². The maximum Gasteiger partial charge on any atom is 0.113 e. The summed E-state index contributed by atoms with van der Waals surface area (Å²) in [7, 11) is 0. The summed E-state index contributed by atoms with van der Waals surface area (Å²) in [5, 5.41) is 13.0. The quantitative estimate of drug-likeness (QED) is 0.373. The van der Waals surface area contributed by atoms with Crippen LogP contribution in [0.3, 0.4) is 0 Å². The van der Waals surface area contributed by atoms with Gasteiger partial charge in [-0.1, -0.05) is 71.6 Å². The molecule has 0 rings (SSSR count). The Bertz CT molecular complexity index is 168. The van der Waals surface area contributed by atoms with Gasteiger partial charge in [0.1, 0.15) is 5.72 Å². The van der Waals surface area contributed by atoms with E-state index in [-0.39, 0.29) is 0 Å². The lowest BCUT2D eigenvalue weighted by atomic mass is 10.0. The average molecular weight is 257 g/mol. The van der Waals surface area contributed by atoms with Gasteiger partial charge in [-0.2, -0.15) is 0 Å². The molecule has 0 radical (unpaired) electrons. The molecule has 0 saturated heterocycles. The van der Waals surface area contributed by atoms with E-state index < -0.39 is 5.72 Å². The van der Waals surface area contributed by atoms with Gasteiger partial charge in [0.05, 0.1) is 0 Å². The molecule has 0 aliphatic rings. The van der Waals surface area contributed by atoms with Gasteiger partial charge in [-0.05, 0) is 26.3 Å². The second kappa shape index (κ2) is 12.0. The highest BCUT2D eigenvalue weighted by Gasteiger charge is 2.16. The third kappa shape index (κ3) is 12.4. The van der Waals surface area contributed by atoms with E-state index in [0.717, 1.165) is 19.4 Å². The van der Waals surface area contributed by atoms with Gasteiger partial charge in [0.2, 0.25) is 0 Å². The molecule has 1 atom stereocenters. The van der Waals surface area contributed by atoms with Crippen molar-refractivity contribution in [3.8, 4) is 0 Å². The van der Waals surface area contributed by atoms with Gasteiger partial charge in [0, 0.05) is 0 Å². The van der Waals surface area contributed by atoms with Crippen molar-refractivity contribution in [2.24, 2.45) is 0 Å². The van der Waals surface area contributed by atoms with Gasteiger partial charge >= 0.3 is 0 Å². The number of unbranched alkanes of at least 4 members (excludes halogenated alkanes) is 9. The standard InChI is InChI=1S/C16H35NO/c1-4-6-7-8-9-10-11-12-13-14-15-16(3,18)17-5-2/h17-18H,4-15H2,1-3H3. The first-order valence-corrected chi connectivity index (χ1v) is 8.09. The minimum atomic E-state index is -0.658. The zero-order valence-corrected chi connectivity index (χ0v) is 12.9. The number of rotatable bonds is 13. The molecule has 1 unspecified atom stereocenters. The molecule has 0 amide bonds. The Morgan fingerprint density at radius 1 is 0.778 bits per heavy atom. The Morgan fingerprint density at radius 2 is 1.22 bits per heavy atom. The summed E-state index contributed by atoms with van der Waals surface area (Å²) < 4.78 is 0. The van der Waals surface area contributed by atoms with E-state index in [1.54, 1.807) is 0 Å². The maximum atomic E-state index is 9.93. The van der Waals surface area contributed by atoms with E-state index in [4.69, 9.17) is 0 Å². The van der Waals surface area contributed by atoms with E-state index in [1.807, 2.05) is 13.8 Å². The van der Waals surface area contributed by atoms with Gasteiger partial charge in [-0.15, -0.1) is 0 Å². The number of nitrogens with one attached hydrogen (secondary N) is 1. The third-order valence-electron chi connectivity index (χ3n) is 3.57. The summed E-state index contributed by atoms with van der Waals surface area (Å²) in [5.74, 6) is 0. The first-order valence-electron chi connectivity index (χ1n) is 8.09. The first kappa shape index (κ1) is 17.9. The van der Waals surface area contributed by atoms with E-state index >= 15 is 0 Å². The lowest BCUT2D eigenvalue weighted by molar-refractivity contribution is 0.0151. The smallest absolute Gasteiger partial charge is 0.113 e. The molecule has 2 N–H and O–H groups in total. The second-order valence-electron chi connectivity index (χ2n) is 5.74. The topological polar surface area (TPSA) is 32.3 Å². The second-order valence-corrected chi connectivity index (χ2v) is 5.74. The molecule has 2 heteroatoms. The van der Waals surface area contributed by atoms with Crippen molar-refractivity contribution in [3.63, 3.8) is 0 Å². The molecule has 0 aromatic carbocycles. The van der Waals surface area contributed by atoms with E-state index in [0.29, 0.717) is 0 Å². The summed E-state index contributed by atoms with van der Waals surface area (Å²) in [6.07, 6.45) is 14.4. The Balaban J connectivity index is 3.16. The van der Waals surface area contributed by atoms with Crippen LogP contribution in [0.25, 0.3) is 0 Å². The molecular weight excluding hydrogens is 222 g/mol. The average Bonchev–Trinajstić information content (AvgIpc) is 2.31. The van der Waals surface area contributed by atoms with Crippen LogP contribution in [-0.4, -0.2) is 17.4 Å². The number of hydrogen-bond acceptors (Lipinski definition) is 2. The van der Waals surface area contributed by atoms with Crippen molar-refractivity contribution in [1.82, 2.24) is 5.32 Å². The zero-order chi connectivity index (χ0) is 13.7. The highest BCUT2D eigenvalue weighted by molar-refractivity contribution is 4.68. The van der Waals surface area contributed by atoms with E-state index in [9.17, 15) is 5.11 Å². The molecule has 0 aliphatic carbocycles. The van der Waals surface area contributed by atoms with Crippen molar-refractivity contribution in [2.75, 3.05) is 6.54 Å². The lowest BCUT2D eigenvalue weighted by Gasteiger charge is -2.23. The predicted molar refractivity (Wildman–Crippen MR) is 80.8 cm³/mol. The highest BCUT2D eigenvalue weighted by atomic mass is 16.3. The Kier molecular flexibility index (Phi) is 11.9. The summed E-state index contributed by atoms with van der Waals surface area (Å²) in [6, 6.07) is 0. The molecule has 0 saturated carbocycles. The highest BCUT2D eigenvalue weighted by Crippen LogP contribution is 2.14. The van der Waals surface area contributed by atoms with Gasteiger partial charge in [0.25, 0.3) is 0 Å². The third-order valence-corrected chi connectivity index (χ3v) is 3.57. The summed E-state index contributed by atoms with van der Waals surface area (Å²) >= 11 is 0. The molecule has 0 aliphatic heterocycles. The molecule has 110 valence electrons. The van der Waals surface area contributed by atoms with Gasteiger partial charge in [-0.3, -0.25) is 5.32 Å². The fraction of sp³-hybridized carbons (Fsp3) is 1.00. The van der Waals surface area contributed by atoms with Crippen LogP contribution in [0.4, 0.5) is 0 Å². The van der Waals surface area contributed by atoms with Crippen molar-refractivity contribution in [2.45, 2.75) is 97.1 Å². The molecule has 0 heterocycles. The van der Waals surface area contributed by atoms with E-state index in [2.05, 4.69) is 12.2 Å².